The Morgan fingerprint density at radius 1 is 1.53 bits per heavy atom. The molecule has 19 heavy (non-hydrogen) atoms. The first kappa shape index (κ1) is 12.8. The van der Waals surface area contributed by atoms with Crippen molar-refractivity contribution in [2.45, 2.75) is 44.9 Å². The molecule has 0 aliphatic heterocycles. The molecule has 1 aliphatic rings. The van der Waals surface area contributed by atoms with Crippen LogP contribution in [0.15, 0.2) is 28.2 Å². The van der Waals surface area contributed by atoms with E-state index in [1.54, 1.807) is 17.6 Å². The zero-order valence-corrected chi connectivity index (χ0v) is 11.9. The molecule has 0 radical (unpaired) electrons. The highest BCUT2D eigenvalue weighted by molar-refractivity contribution is 7.09. The van der Waals surface area contributed by atoms with Crippen molar-refractivity contribution >= 4 is 11.3 Å². The second-order valence-electron chi connectivity index (χ2n) is 5.18. The van der Waals surface area contributed by atoms with Gasteiger partial charge >= 0.3 is 0 Å². The van der Waals surface area contributed by atoms with Gasteiger partial charge in [0.15, 0.2) is 0 Å². The van der Waals surface area contributed by atoms with Crippen LogP contribution in [0.4, 0.5) is 0 Å². The molecule has 0 bridgehead atoms. The van der Waals surface area contributed by atoms with Crippen LogP contribution in [0.2, 0.25) is 0 Å². The summed E-state index contributed by atoms with van der Waals surface area (Å²) in [5.74, 6) is 1.02. The van der Waals surface area contributed by atoms with Crippen molar-refractivity contribution in [1.82, 2.24) is 9.88 Å². The third-order valence-corrected chi connectivity index (χ3v) is 4.42. The average molecular weight is 277 g/mol. The Kier molecular flexibility index (Phi) is 3.68. The summed E-state index contributed by atoms with van der Waals surface area (Å²) in [6.45, 7) is 3.72. The summed E-state index contributed by atoms with van der Waals surface area (Å²) in [6.07, 6.45) is 4.30. The van der Waals surface area contributed by atoms with Crippen LogP contribution in [-0.4, -0.2) is 15.9 Å². The molecule has 5 heteroatoms. The van der Waals surface area contributed by atoms with Gasteiger partial charge in [-0.05, 0) is 31.9 Å². The van der Waals surface area contributed by atoms with E-state index < -0.39 is 0 Å². The van der Waals surface area contributed by atoms with Gasteiger partial charge < -0.3 is 10.2 Å². The second kappa shape index (κ2) is 5.45. The van der Waals surface area contributed by atoms with Crippen molar-refractivity contribution in [2.24, 2.45) is 5.73 Å². The molecule has 2 aromatic heterocycles. The average Bonchev–Trinajstić information content (AvgIpc) is 2.90. The maximum atomic E-state index is 5.86. The van der Waals surface area contributed by atoms with Gasteiger partial charge in [-0.2, -0.15) is 0 Å². The van der Waals surface area contributed by atoms with Crippen molar-refractivity contribution in [3.63, 3.8) is 0 Å². The van der Waals surface area contributed by atoms with Gasteiger partial charge in [-0.25, -0.2) is 4.98 Å². The largest absolute Gasteiger partial charge is 0.468 e. The van der Waals surface area contributed by atoms with Gasteiger partial charge in [0.2, 0.25) is 0 Å². The van der Waals surface area contributed by atoms with Crippen LogP contribution < -0.4 is 5.73 Å². The summed E-state index contributed by atoms with van der Waals surface area (Å²) in [5, 5.41) is 3.14. The summed E-state index contributed by atoms with van der Waals surface area (Å²) in [4.78, 5) is 7.05. The molecule has 1 aliphatic carbocycles. The molecule has 0 amide bonds. The molecule has 0 spiro atoms. The molecule has 1 unspecified atom stereocenters. The fourth-order valence-electron chi connectivity index (χ4n) is 2.17. The summed E-state index contributed by atoms with van der Waals surface area (Å²) in [7, 11) is 0. The number of rotatable bonds is 6. The standard InChI is InChI=1S/C14H19N3OS/c1-10(15)14-16-11(9-19-14)7-17(12-4-5-12)8-13-3-2-6-18-13/h2-3,6,9-10,12H,4-5,7-8,15H2,1H3. The smallest absolute Gasteiger partial charge is 0.117 e. The van der Waals surface area contributed by atoms with Crippen molar-refractivity contribution in [3.8, 4) is 0 Å². The highest BCUT2D eigenvalue weighted by Gasteiger charge is 2.30. The molecule has 3 rings (SSSR count). The number of hydrogen-bond donors (Lipinski definition) is 1. The molecular weight excluding hydrogens is 258 g/mol. The Hall–Kier alpha value is -1.17. The molecule has 102 valence electrons. The van der Waals surface area contributed by atoms with Crippen LogP contribution >= 0.6 is 11.3 Å². The van der Waals surface area contributed by atoms with Crippen LogP contribution in [0, 0.1) is 0 Å². The van der Waals surface area contributed by atoms with Crippen molar-refractivity contribution < 1.29 is 4.42 Å². The number of aromatic nitrogens is 1. The number of hydrogen-bond acceptors (Lipinski definition) is 5. The predicted octanol–water partition coefficient (Wildman–Crippen LogP) is 2.92. The van der Waals surface area contributed by atoms with Crippen LogP contribution in [-0.2, 0) is 13.1 Å². The quantitative estimate of drug-likeness (QED) is 0.882. The maximum absolute atomic E-state index is 5.86. The topological polar surface area (TPSA) is 55.3 Å². The van der Waals surface area contributed by atoms with Crippen molar-refractivity contribution in [2.75, 3.05) is 0 Å². The van der Waals surface area contributed by atoms with Gasteiger partial charge in [0.05, 0.1) is 24.5 Å². The van der Waals surface area contributed by atoms with Gasteiger partial charge in [-0.1, -0.05) is 0 Å². The number of thiazole rings is 1. The lowest BCUT2D eigenvalue weighted by molar-refractivity contribution is 0.223. The zero-order chi connectivity index (χ0) is 13.2. The third-order valence-electron chi connectivity index (χ3n) is 3.33. The van der Waals surface area contributed by atoms with Crippen LogP contribution in [0.5, 0.6) is 0 Å². The molecule has 2 aromatic rings. The number of nitrogens with two attached hydrogens (primary N) is 1. The molecule has 4 nitrogen and oxygen atoms in total. The van der Waals surface area contributed by atoms with Gasteiger partial charge in [0.25, 0.3) is 0 Å². The fourth-order valence-corrected chi connectivity index (χ4v) is 2.94. The molecule has 1 saturated carbocycles. The van der Waals surface area contributed by atoms with Gasteiger partial charge in [0.1, 0.15) is 10.8 Å². The monoisotopic (exact) mass is 277 g/mol. The summed E-state index contributed by atoms with van der Waals surface area (Å²) < 4.78 is 5.44. The number of nitrogens with zero attached hydrogens (tertiary/aromatic N) is 2. The Morgan fingerprint density at radius 2 is 2.37 bits per heavy atom. The fraction of sp³-hybridized carbons (Fsp3) is 0.500. The Labute approximate surface area is 117 Å². The van der Waals surface area contributed by atoms with Crippen LogP contribution in [0.25, 0.3) is 0 Å². The lowest BCUT2D eigenvalue weighted by Crippen LogP contribution is -2.25. The Bertz CT molecular complexity index is 517. The molecule has 1 atom stereocenters. The van der Waals surface area contributed by atoms with E-state index in [2.05, 4.69) is 15.3 Å². The van der Waals surface area contributed by atoms with Crippen molar-refractivity contribution in [3.05, 3.63) is 40.2 Å². The van der Waals surface area contributed by atoms with E-state index in [0.29, 0.717) is 6.04 Å². The molecule has 1 fully saturated rings. The highest BCUT2D eigenvalue weighted by Crippen LogP contribution is 2.30. The molecule has 2 heterocycles. The van der Waals surface area contributed by atoms with E-state index in [9.17, 15) is 0 Å². The van der Waals surface area contributed by atoms with Crippen molar-refractivity contribution in [1.29, 1.82) is 0 Å². The Balaban J connectivity index is 1.67. The molecular formula is C14H19N3OS. The molecule has 0 saturated heterocycles. The first-order valence-corrected chi connectivity index (χ1v) is 7.56. The minimum absolute atomic E-state index is 0.0261. The maximum Gasteiger partial charge on any atom is 0.117 e. The number of furan rings is 1. The SMILES string of the molecule is CC(N)c1nc(CN(Cc2ccco2)C2CC2)cs1. The summed E-state index contributed by atoms with van der Waals surface area (Å²) >= 11 is 1.65. The van der Waals surface area contributed by atoms with Gasteiger partial charge in [-0.3, -0.25) is 4.90 Å². The van der Waals surface area contributed by atoms with E-state index in [-0.39, 0.29) is 6.04 Å². The first-order chi connectivity index (χ1) is 9.22. The lowest BCUT2D eigenvalue weighted by Gasteiger charge is -2.19. The minimum atomic E-state index is 0.0261. The van der Waals surface area contributed by atoms with E-state index in [1.165, 1.54) is 12.8 Å². The van der Waals surface area contributed by atoms with E-state index >= 15 is 0 Å². The van der Waals surface area contributed by atoms with Crippen LogP contribution in [0.1, 0.15) is 42.3 Å². The van der Waals surface area contributed by atoms with Gasteiger partial charge in [-0.15, -0.1) is 11.3 Å². The summed E-state index contributed by atoms with van der Waals surface area (Å²) in [5.41, 5.74) is 6.98. The highest BCUT2D eigenvalue weighted by atomic mass is 32.1. The van der Waals surface area contributed by atoms with E-state index in [1.807, 2.05) is 19.1 Å². The lowest BCUT2D eigenvalue weighted by atomic mass is 10.3. The second-order valence-corrected chi connectivity index (χ2v) is 6.07. The first-order valence-electron chi connectivity index (χ1n) is 6.68. The predicted molar refractivity (Wildman–Crippen MR) is 75.7 cm³/mol. The van der Waals surface area contributed by atoms with E-state index in [0.717, 1.165) is 29.6 Å². The normalized spacial score (nSPS) is 17.0. The Morgan fingerprint density at radius 3 is 2.95 bits per heavy atom. The summed E-state index contributed by atoms with van der Waals surface area (Å²) in [6, 6.07) is 4.69. The molecule has 2 N–H and O–H groups in total. The van der Waals surface area contributed by atoms with E-state index in [4.69, 9.17) is 10.2 Å². The minimum Gasteiger partial charge on any atom is -0.468 e. The van der Waals surface area contributed by atoms with Gasteiger partial charge in [0, 0.05) is 18.0 Å². The van der Waals surface area contributed by atoms with Crippen LogP contribution in [0.3, 0.4) is 0 Å². The molecule has 0 aromatic carbocycles. The zero-order valence-electron chi connectivity index (χ0n) is 11.1. The third kappa shape index (κ3) is 3.23.